The first-order chi connectivity index (χ1) is 14.5. The van der Waals surface area contributed by atoms with E-state index in [1.165, 1.54) is 11.1 Å². The molecule has 30 heavy (non-hydrogen) atoms. The van der Waals surface area contributed by atoms with Crippen molar-refractivity contribution in [3.8, 4) is 0 Å². The lowest BCUT2D eigenvalue weighted by Crippen LogP contribution is -2.44. The van der Waals surface area contributed by atoms with E-state index in [0.29, 0.717) is 5.02 Å². The van der Waals surface area contributed by atoms with E-state index >= 15 is 0 Å². The van der Waals surface area contributed by atoms with Crippen LogP contribution in [0.2, 0.25) is 5.02 Å². The third-order valence-corrected chi connectivity index (χ3v) is 7.40. The molecule has 1 atom stereocenters. The number of hydrogen-bond donors (Lipinski definition) is 2. The number of aromatic amines is 1. The number of nitrogens with two attached hydrogens (primary N) is 1. The number of hydrogen-bond acceptors (Lipinski definition) is 4. The Kier molecular flexibility index (Phi) is 4.68. The van der Waals surface area contributed by atoms with Crippen LogP contribution in [0.5, 0.6) is 0 Å². The zero-order valence-corrected chi connectivity index (χ0v) is 17.9. The molecule has 2 aromatic heterocycles. The van der Waals surface area contributed by atoms with Gasteiger partial charge < -0.3 is 10.6 Å². The van der Waals surface area contributed by atoms with Crippen LogP contribution < -0.4 is 10.6 Å². The van der Waals surface area contributed by atoms with Gasteiger partial charge in [0.2, 0.25) is 0 Å². The Morgan fingerprint density at radius 2 is 2.03 bits per heavy atom. The van der Waals surface area contributed by atoms with E-state index in [1.807, 2.05) is 19.1 Å². The number of piperidine rings is 1. The summed E-state index contributed by atoms with van der Waals surface area (Å²) in [6, 6.07) is 12.7. The number of anilines is 1. The number of halogens is 1. The summed E-state index contributed by atoms with van der Waals surface area (Å²) < 4.78 is 0. The number of pyridine rings is 1. The van der Waals surface area contributed by atoms with E-state index in [4.69, 9.17) is 22.3 Å². The fourth-order valence-electron chi connectivity index (χ4n) is 5.08. The summed E-state index contributed by atoms with van der Waals surface area (Å²) in [4.78, 5) is 7.14. The standard InChI is InChI=1S/C24H26ClN5/c1-15(20-7-10-27-29-20)19-13-21(28-16(2)22(19)25)30-11-8-24(9-12-30)14-17-5-3-4-6-18(17)23(24)26/h3-7,10,13,23H,1,8-9,11-12,14,26H2,2H3,(H,27,29)/t23-/m1/s1. The summed E-state index contributed by atoms with van der Waals surface area (Å²) in [5.74, 6) is 0.947. The highest BCUT2D eigenvalue weighted by atomic mass is 35.5. The highest BCUT2D eigenvalue weighted by Gasteiger charge is 2.45. The minimum atomic E-state index is 0.116. The molecule has 2 aliphatic rings. The van der Waals surface area contributed by atoms with Gasteiger partial charge in [-0.2, -0.15) is 5.10 Å². The van der Waals surface area contributed by atoms with Gasteiger partial charge in [-0.15, -0.1) is 0 Å². The fraction of sp³-hybridized carbons (Fsp3) is 0.333. The van der Waals surface area contributed by atoms with Crippen molar-refractivity contribution in [1.29, 1.82) is 0 Å². The molecule has 1 aliphatic carbocycles. The Hall–Kier alpha value is -2.63. The minimum absolute atomic E-state index is 0.116. The lowest BCUT2D eigenvalue weighted by molar-refractivity contribution is 0.187. The van der Waals surface area contributed by atoms with Gasteiger partial charge in [0, 0.05) is 36.5 Å². The van der Waals surface area contributed by atoms with Crippen molar-refractivity contribution in [2.24, 2.45) is 11.1 Å². The van der Waals surface area contributed by atoms with Gasteiger partial charge in [0.15, 0.2) is 0 Å². The first-order valence-electron chi connectivity index (χ1n) is 10.4. The van der Waals surface area contributed by atoms with Crippen molar-refractivity contribution in [1.82, 2.24) is 15.2 Å². The van der Waals surface area contributed by atoms with Crippen molar-refractivity contribution in [2.75, 3.05) is 18.0 Å². The van der Waals surface area contributed by atoms with Crippen LogP contribution in [0.4, 0.5) is 5.82 Å². The summed E-state index contributed by atoms with van der Waals surface area (Å²) in [5, 5.41) is 7.72. The lowest BCUT2D eigenvalue weighted by Gasteiger charge is -2.42. The highest BCUT2D eigenvalue weighted by molar-refractivity contribution is 6.33. The molecule has 5 rings (SSSR count). The average molecular weight is 420 g/mol. The van der Waals surface area contributed by atoms with Crippen molar-refractivity contribution in [3.63, 3.8) is 0 Å². The zero-order valence-electron chi connectivity index (χ0n) is 17.2. The third kappa shape index (κ3) is 3.04. The van der Waals surface area contributed by atoms with Crippen molar-refractivity contribution in [2.45, 2.75) is 32.2 Å². The maximum Gasteiger partial charge on any atom is 0.129 e. The summed E-state index contributed by atoms with van der Waals surface area (Å²) in [6.07, 6.45) is 4.98. The van der Waals surface area contributed by atoms with Crippen molar-refractivity contribution < 1.29 is 0 Å². The van der Waals surface area contributed by atoms with Gasteiger partial charge in [0.05, 0.1) is 16.4 Å². The molecule has 5 nitrogen and oxygen atoms in total. The molecule has 3 aromatic rings. The summed E-state index contributed by atoms with van der Waals surface area (Å²) in [6.45, 7) is 8.03. The molecule has 1 saturated heterocycles. The number of rotatable bonds is 3. The van der Waals surface area contributed by atoms with Gasteiger partial charge >= 0.3 is 0 Å². The molecule has 0 unspecified atom stereocenters. The first-order valence-corrected chi connectivity index (χ1v) is 10.8. The molecule has 1 aliphatic heterocycles. The predicted molar refractivity (Wildman–Crippen MR) is 122 cm³/mol. The summed E-state index contributed by atoms with van der Waals surface area (Å²) in [5.41, 5.74) is 12.9. The number of nitrogens with one attached hydrogen (secondary N) is 1. The van der Waals surface area contributed by atoms with Gasteiger partial charge in [-0.25, -0.2) is 4.98 Å². The minimum Gasteiger partial charge on any atom is -0.357 e. The number of aromatic nitrogens is 3. The molecule has 6 heteroatoms. The van der Waals surface area contributed by atoms with Crippen LogP contribution in [0.3, 0.4) is 0 Å². The molecule has 0 amide bonds. The Morgan fingerprint density at radius 3 is 2.73 bits per heavy atom. The van der Waals surface area contributed by atoms with Crippen LogP contribution in [0.1, 0.15) is 47.0 Å². The Morgan fingerprint density at radius 1 is 1.27 bits per heavy atom. The van der Waals surface area contributed by atoms with Gasteiger partial charge in [0.25, 0.3) is 0 Å². The molecular weight excluding hydrogens is 394 g/mol. The van der Waals surface area contributed by atoms with E-state index in [1.54, 1.807) is 6.20 Å². The molecule has 0 saturated carbocycles. The topological polar surface area (TPSA) is 70.8 Å². The largest absolute Gasteiger partial charge is 0.357 e. The molecule has 1 fully saturated rings. The average Bonchev–Trinajstić information content (AvgIpc) is 3.38. The number of H-pyrrole nitrogens is 1. The van der Waals surface area contributed by atoms with E-state index in [-0.39, 0.29) is 11.5 Å². The van der Waals surface area contributed by atoms with E-state index in [9.17, 15) is 0 Å². The van der Waals surface area contributed by atoms with Crippen LogP contribution in [-0.2, 0) is 6.42 Å². The van der Waals surface area contributed by atoms with E-state index < -0.39 is 0 Å². The normalized spacial score (nSPS) is 19.8. The fourth-order valence-corrected chi connectivity index (χ4v) is 5.29. The Labute approximate surface area is 182 Å². The predicted octanol–water partition coefficient (Wildman–Crippen LogP) is 4.67. The molecule has 1 aromatic carbocycles. The molecule has 3 N–H and O–H groups in total. The Bertz CT molecular complexity index is 1100. The molecule has 3 heterocycles. The van der Waals surface area contributed by atoms with Crippen molar-refractivity contribution in [3.05, 3.63) is 82.3 Å². The monoisotopic (exact) mass is 419 g/mol. The summed E-state index contributed by atoms with van der Waals surface area (Å²) >= 11 is 6.59. The quantitative estimate of drug-likeness (QED) is 0.647. The molecule has 0 bridgehead atoms. The number of nitrogens with zero attached hydrogens (tertiary/aromatic N) is 3. The van der Waals surface area contributed by atoms with Gasteiger partial charge in [-0.1, -0.05) is 42.4 Å². The molecule has 154 valence electrons. The van der Waals surface area contributed by atoms with Crippen LogP contribution in [0.25, 0.3) is 5.57 Å². The second-order valence-electron chi connectivity index (χ2n) is 8.57. The van der Waals surface area contributed by atoms with Crippen LogP contribution in [0, 0.1) is 12.3 Å². The zero-order chi connectivity index (χ0) is 20.9. The van der Waals surface area contributed by atoms with Gasteiger partial charge in [0.1, 0.15) is 5.82 Å². The second kappa shape index (κ2) is 7.25. The second-order valence-corrected chi connectivity index (χ2v) is 8.95. The maximum absolute atomic E-state index is 6.73. The van der Waals surface area contributed by atoms with Crippen LogP contribution in [0.15, 0.2) is 49.2 Å². The van der Waals surface area contributed by atoms with Crippen molar-refractivity contribution >= 4 is 23.0 Å². The van der Waals surface area contributed by atoms with Crippen LogP contribution >= 0.6 is 11.6 Å². The molecule has 1 spiro atoms. The summed E-state index contributed by atoms with van der Waals surface area (Å²) in [7, 11) is 0. The van der Waals surface area contributed by atoms with Gasteiger partial charge in [-0.3, -0.25) is 5.10 Å². The SMILES string of the molecule is C=C(c1cc[nH]n1)c1cc(N2CCC3(CC2)Cc2ccccc2[C@H]3N)nc(C)c1Cl. The van der Waals surface area contributed by atoms with Gasteiger partial charge in [-0.05, 0) is 54.9 Å². The highest BCUT2D eigenvalue weighted by Crippen LogP contribution is 2.51. The molecule has 0 radical (unpaired) electrons. The maximum atomic E-state index is 6.73. The number of benzene rings is 1. The smallest absolute Gasteiger partial charge is 0.129 e. The van der Waals surface area contributed by atoms with Crippen LogP contribution in [-0.4, -0.2) is 28.3 Å². The third-order valence-electron chi connectivity index (χ3n) is 6.92. The Balaban J connectivity index is 1.39. The lowest BCUT2D eigenvalue weighted by atomic mass is 9.73. The van der Waals surface area contributed by atoms with E-state index in [0.717, 1.165) is 60.7 Å². The first kappa shape index (κ1) is 19.3. The number of aryl methyl sites for hydroxylation is 1. The molecular formula is C24H26ClN5. The number of fused-ring (bicyclic) bond motifs is 1. The van der Waals surface area contributed by atoms with E-state index in [2.05, 4.69) is 45.9 Å².